The Hall–Kier alpha value is -1.97. The lowest BCUT2D eigenvalue weighted by molar-refractivity contribution is 0.470. The number of para-hydroxylation sites is 2. The quantitative estimate of drug-likeness (QED) is 0.788. The van der Waals surface area contributed by atoms with Gasteiger partial charge in [-0.3, -0.25) is 0 Å². The Bertz CT molecular complexity index is 560. The van der Waals surface area contributed by atoms with E-state index in [0.717, 1.165) is 36.6 Å². The number of nitrogens with zero attached hydrogens (tertiary/aromatic N) is 2. The number of anilines is 1. The minimum atomic E-state index is 0.255. The molecule has 2 heterocycles. The second-order valence-electron chi connectivity index (χ2n) is 4.34. The van der Waals surface area contributed by atoms with E-state index in [1.165, 1.54) is 5.56 Å². The number of hydrogen-bond acceptors (Lipinski definition) is 3. The molecule has 4 nitrogen and oxygen atoms in total. The zero-order chi connectivity index (χ0) is 11.8. The van der Waals surface area contributed by atoms with E-state index in [9.17, 15) is 5.11 Å². The molecular formula is C13H15N3O. The Balaban J connectivity index is 2.19. The van der Waals surface area contributed by atoms with E-state index in [4.69, 9.17) is 0 Å². The van der Waals surface area contributed by atoms with Crippen molar-refractivity contribution in [1.29, 1.82) is 0 Å². The van der Waals surface area contributed by atoms with Crippen molar-refractivity contribution in [2.75, 3.05) is 11.9 Å². The lowest BCUT2D eigenvalue weighted by atomic mass is 10.1. The molecule has 3 rings (SSSR count). The standard InChI is InChI=1S/C13H15N3O/c1-9-10-5-4-8-14-13(10)16(15-9)11-6-2-3-7-12(11)17/h2-3,6-7,14,17H,4-5,8H2,1H3. The molecule has 0 saturated carbocycles. The summed E-state index contributed by atoms with van der Waals surface area (Å²) in [5.41, 5.74) is 3.03. The molecule has 88 valence electrons. The summed E-state index contributed by atoms with van der Waals surface area (Å²) in [7, 11) is 0. The highest BCUT2D eigenvalue weighted by molar-refractivity contribution is 5.57. The zero-order valence-corrected chi connectivity index (χ0v) is 9.77. The van der Waals surface area contributed by atoms with Gasteiger partial charge in [-0.05, 0) is 31.9 Å². The molecule has 4 heteroatoms. The maximum absolute atomic E-state index is 9.89. The lowest BCUT2D eigenvalue weighted by Crippen LogP contribution is -2.14. The first-order valence-electron chi connectivity index (χ1n) is 5.88. The van der Waals surface area contributed by atoms with Crippen molar-refractivity contribution >= 4 is 5.82 Å². The van der Waals surface area contributed by atoms with E-state index in [1.54, 1.807) is 10.7 Å². The number of benzene rings is 1. The van der Waals surface area contributed by atoms with Crippen molar-refractivity contribution in [3.8, 4) is 11.4 Å². The molecule has 0 aliphatic carbocycles. The molecule has 0 bridgehead atoms. The van der Waals surface area contributed by atoms with Gasteiger partial charge in [-0.15, -0.1) is 0 Å². The summed E-state index contributed by atoms with van der Waals surface area (Å²) in [6.45, 7) is 2.98. The zero-order valence-electron chi connectivity index (χ0n) is 9.77. The Labute approximate surface area is 99.9 Å². The van der Waals surface area contributed by atoms with Crippen molar-refractivity contribution in [2.45, 2.75) is 19.8 Å². The van der Waals surface area contributed by atoms with Gasteiger partial charge < -0.3 is 10.4 Å². The van der Waals surface area contributed by atoms with E-state index in [1.807, 2.05) is 25.1 Å². The third kappa shape index (κ3) is 1.56. The van der Waals surface area contributed by atoms with Gasteiger partial charge in [0.2, 0.25) is 0 Å². The minimum Gasteiger partial charge on any atom is -0.506 e. The van der Waals surface area contributed by atoms with Gasteiger partial charge in [0.25, 0.3) is 0 Å². The summed E-state index contributed by atoms with van der Waals surface area (Å²) in [5.74, 6) is 1.28. The topological polar surface area (TPSA) is 50.1 Å². The highest BCUT2D eigenvalue weighted by Crippen LogP contribution is 2.30. The fourth-order valence-corrected chi connectivity index (χ4v) is 2.33. The summed E-state index contributed by atoms with van der Waals surface area (Å²) in [4.78, 5) is 0. The van der Waals surface area contributed by atoms with Crippen LogP contribution in [0.15, 0.2) is 24.3 Å². The second-order valence-corrected chi connectivity index (χ2v) is 4.34. The first-order valence-corrected chi connectivity index (χ1v) is 5.88. The van der Waals surface area contributed by atoms with Crippen molar-refractivity contribution in [3.63, 3.8) is 0 Å². The predicted octanol–water partition coefficient (Wildman–Crippen LogP) is 2.24. The SMILES string of the molecule is Cc1nn(-c2ccccc2O)c2c1CCCN2. The largest absolute Gasteiger partial charge is 0.506 e. The normalized spacial score (nSPS) is 14.2. The predicted molar refractivity (Wildman–Crippen MR) is 66.8 cm³/mol. The van der Waals surface area contributed by atoms with Crippen molar-refractivity contribution in [1.82, 2.24) is 9.78 Å². The maximum atomic E-state index is 9.89. The maximum Gasteiger partial charge on any atom is 0.141 e. The van der Waals surface area contributed by atoms with Crippen LogP contribution in [0, 0.1) is 6.92 Å². The van der Waals surface area contributed by atoms with Crippen LogP contribution >= 0.6 is 0 Å². The molecular weight excluding hydrogens is 214 g/mol. The molecule has 0 spiro atoms. The summed E-state index contributed by atoms with van der Waals surface area (Å²) >= 11 is 0. The molecule has 0 fully saturated rings. The summed E-state index contributed by atoms with van der Waals surface area (Å²) in [6.07, 6.45) is 2.20. The molecule has 1 aliphatic heterocycles. The highest BCUT2D eigenvalue weighted by atomic mass is 16.3. The molecule has 1 aliphatic rings. The smallest absolute Gasteiger partial charge is 0.141 e. The Morgan fingerprint density at radius 2 is 2.18 bits per heavy atom. The Morgan fingerprint density at radius 1 is 1.35 bits per heavy atom. The Morgan fingerprint density at radius 3 is 3.00 bits per heavy atom. The van der Waals surface area contributed by atoms with Gasteiger partial charge in [0.05, 0.1) is 5.69 Å². The van der Waals surface area contributed by atoms with Crippen LogP contribution < -0.4 is 5.32 Å². The summed E-state index contributed by atoms with van der Waals surface area (Å²) < 4.78 is 1.80. The van der Waals surface area contributed by atoms with Crippen molar-refractivity contribution in [3.05, 3.63) is 35.5 Å². The van der Waals surface area contributed by atoms with Crippen molar-refractivity contribution in [2.24, 2.45) is 0 Å². The molecule has 1 aromatic heterocycles. The van der Waals surface area contributed by atoms with Crippen LogP contribution in [0.3, 0.4) is 0 Å². The Kier molecular flexibility index (Phi) is 2.28. The van der Waals surface area contributed by atoms with Crippen LogP contribution in [-0.4, -0.2) is 21.4 Å². The fourth-order valence-electron chi connectivity index (χ4n) is 2.33. The van der Waals surface area contributed by atoms with Crippen LogP contribution in [0.2, 0.25) is 0 Å². The average molecular weight is 229 g/mol. The monoisotopic (exact) mass is 229 g/mol. The number of phenolic OH excluding ortho intramolecular Hbond substituents is 1. The van der Waals surface area contributed by atoms with Gasteiger partial charge in [0, 0.05) is 12.1 Å². The number of aromatic nitrogens is 2. The van der Waals surface area contributed by atoms with Gasteiger partial charge in [0.1, 0.15) is 17.3 Å². The van der Waals surface area contributed by atoms with Gasteiger partial charge in [0.15, 0.2) is 0 Å². The van der Waals surface area contributed by atoms with E-state index >= 15 is 0 Å². The molecule has 2 aromatic rings. The van der Waals surface area contributed by atoms with E-state index in [-0.39, 0.29) is 5.75 Å². The number of phenols is 1. The molecule has 0 saturated heterocycles. The van der Waals surface area contributed by atoms with Gasteiger partial charge >= 0.3 is 0 Å². The number of fused-ring (bicyclic) bond motifs is 1. The molecule has 0 unspecified atom stereocenters. The number of aromatic hydroxyl groups is 1. The third-order valence-electron chi connectivity index (χ3n) is 3.19. The van der Waals surface area contributed by atoms with E-state index in [2.05, 4.69) is 10.4 Å². The third-order valence-corrected chi connectivity index (χ3v) is 3.19. The van der Waals surface area contributed by atoms with E-state index < -0.39 is 0 Å². The lowest BCUT2D eigenvalue weighted by Gasteiger charge is -2.16. The first-order chi connectivity index (χ1) is 8.27. The van der Waals surface area contributed by atoms with Gasteiger partial charge in [-0.25, -0.2) is 4.68 Å². The molecule has 1 aromatic carbocycles. The van der Waals surface area contributed by atoms with Crippen LogP contribution in [0.5, 0.6) is 5.75 Å². The molecule has 2 N–H and O–H groups in total. The van der Waals surface area contributed by atoms with Crippen molar-refractivity contribution < 1.29 is 5.11 Å². The summed E-state index contributed by atoms with van der Waals surface area (Å²) in [6, 6.07) is 7.27. The highest BCUT2D eigenvalue weighted by Gasteiger charge is 2.20. The molecule has 0 amide bonds. The first kappa shape index (κ1) is 10.2. The fraction of sp³-hybridized carbons (Fsp3) is 0.308. The number of rotatable bonds is 1. The minimum absolute atomic E-state index is 0.255. The van der Waals surface area contributed by atoms with Gasteiger partial charge in [-0.2, -0.15) is 5.10 Å². The van der Waals surface area contributed by atoms with Crippen LogP contribution in [0.25, 0.3) is 5.69 Å². The molecule has 0 atom stereocenters. The number of aryl methyl sites for hydroxylation is 1. The molecule has 0 radical (unpaired) electrons. The van der Waals surface area contributed by atoms with Crippen LogP contribution in [0.1, 0.15) is 17.7 Å². The number of nitrogens with one attached hydrogen (secondary N) is 1. The second kappa shape index (κ2) is 3.80. The number of hydrogen-bond donors (Lipinski definition) is 2. The molecule has 17 heavy (non-hydrogen) atoms. The van der Waals surface area contributed by atoms with E-state index in [0.29, 0.717) is 0 Å². The summed E-state index contributed by atoms with van der Waals surface area (Å²) in [5, 5.41) is 17.8. The average Bonchev–Trinajstić information content (AvgIpc) is 2.68. The van der Waals surface area contributed by atoms with Crippen LogP contribution in [-0.2, 0) is 6.42 Å². The van der Waals surface area contributed by atoms with Crippen LogP contribution in [0.4, 0.5) is 5.82 Å². The van der Waals surface area contributed by atoms with Gasteiger partial charge in [-0.1, -0.05) is 12.1 Å².